The Hall–Kier alpha value is -3.33. The van der Waals surface area contributed by atoms with Crippen LogP contribution in [-0.4, -0.2) is 12.8 Å². The zero-order valence-corrected chi connectivity index (χ0v) is 28.6. The molecule has 0 amide bonds. The summed E-state index contributed by atoms with van der Waals surface area (Å²) in [6, 6.07) is 0. The molecule has 0 atom stereocenters. The lowest BCUT2D eigenvalue weighted by molar-refractivity contribution is 0.0939. The van der Waals surface area contributed by atoms with Crippen molar-refractivity contribution in [3.8, 4) is 0 Å². The van der Waals surface area contributed by atoms with E-state index in [1.165, 1.54) is 78.2 Å². The minimum atomic E-state index is -0.717. The Morgan fingerprint density at radius 3 is 1.63 bits per heavy atom. The Kier molecular flexibility index (Phi) is 14.3. The average molecular weight is 585 g/mol. The number of hydrogen-bond acceptors (Lipinski definition) is 3. The van der Waals surface area contributed by atoms with Gasteiger partial charge in [-0.05, 0) is 114 Å². The smallest absolute Gasteiger partial charge is 0.430 e. The van der Waals surface area contributed by atoms with Crippen molar-refractivity contribution in [2.24, 2.45) is 10.8 Å². The summed E-state index contributed by atoms with van der Waals surface area (Å²) in [5.74, 6) is 0. The van der Waals surface area contributed by atoms with Gasteiger partial charge < -0.3 is 9.47 Å². The van der Waals surface area contributed by atoms with Crippen molar-refractivity contribution in [2.45, 2.75) is 108 Å². The van der Waals surface area contributed by atoms with Crippen LogP contribution in [-0.2, 0) is 9.47 Å². The van der Waals surface area contributed by atoms with Crippen LogP contribution in [0.5, 0.6) is 0 Å². The molecule has 0 N–H and O–H groups in total. The van der Waals surface area contributed by atoms with Gasteiger partial charge in [-0.3, -0.25) is 0 Å². The molecule has 0 aliphatic heterocycles. The Labute approximate surface area is 262 Å². The van der Waals surface area contributed by atoms with E-state index < -0.39 is 6.16 Å². The van der Waals surface area contributed by atoms with Crippen molar-refractivity contribution in [3.05, 3.63) is 118 Å². The minimum Gasteiger partial charge on any atom is -0.430 e. The van der Waals surface area contributed by atoms with Gasteiger partial charge in [0.1, 0.15) is 12.9 Å². The lowest BCUT2D eigenvalue weighted by Crippen LogP contribution is -2.19. The molecular weight excluding hydrogens is 528 g/mol. The van der Waals surface area contributed by atoms with Crippen molar-refractivity contribution in [1.29, 1.82) is 0 Å². The molecule has 0 saturated carbocycles. The average Bonchev–Trinajstić information content (AvgIpc) is 2.90. The Morgan fingerprint density at radius 2 is 1.16 bits per heavy atom. The summed E-state index contributed by atoms with van der Waals surface area (Å²) >= 11 is 0. The summed E-state index contributed by atoms with van der Waals surface area (Å²) in [4.78, 5) is 12.0. The predicted molar refractivity (Wildman–Crippen MR) is 185 cm³/mol. The van der Waals surface area contributed by atoms with Gasteiger partial charge in [0.15, 0.2) is 0 Å². The maximum absolute atomic E-state index is 12.0. The summed E-state index contributed by atoms with van der Waals surface area (Å²) in [7, 11) is 0. The van der Waals surface area contributed by atoms with Gasteiger partial charge in [0.05, 0.1) is 0 Å². The largest absolute Gasteiger partial charge is 0.513 e. The van der Waals surface area contributed by atoms with Crippen molar-refractivity contribution in [3.63, 3.8) is 0 Å². The highest BCUT2D eigenvalue weighted by atomic mass is 16.7. The summed E-state index contributed by atoms with van der Waals surface area (Å²) in [6.45, 7) is 22.1. The molecule has 43 heavy (non-hydrogen) atoms. The third kappa shape index (κ3) is 12.8. The Balaban J connectivity index is 1.79. The van der Waals surface area contributed by atoms with Crippen LogP contribution in [0, 0.1) is 10.8 Å². The Bertz CT molecular complexity index is 1290. The standard InChI is InChI=1S/C40H56O3/c1-30(21-23-36-34(5)19-13-26-39(36,7)8)15-11-17-32(3)25-28-42-38(41)43-29-33(4)18-12-16-31(2)22-24-37-35(6)20-14-27-40(37,9)10/h11-12,15-18,21-25,29H,13-14,19-20,26-28H2,1-10H3/b17-11+,18-12+,23-21+,24-22+,30-15+,31-16+,32-25+,33-29+. The topological polar surface area (TPSA) is 35.5 Å². The van der Waals surface area contributed by atoms with Crippen LogP contribution in [0.1, 0.15) is 108 Å². The van der Waals surface area contributed by atoms with Gasteiger partial charge in [-0.25, -0.2) is 4.79 Å². The van der Waals surface area contributed by atoms with Gasteiger partial charge in [-0.2, -0.15) is 0 Å². The molecule has 2 aliphatic rings. The fourth-order valence-corrected chi connectivity index (χ4v) is 5.79. The normalized spacial score (nSPS) is 20.8. The van der Waals surface area contributed by atoms with Gasteiger partial charge in [-0.1, -0.05) is 116 Å². The third-order valence-corrected chi connectivity index (χ3v) is 8.49. The molecule has 0 radical (unpaired) electrons. The fourth-order valence-electron chi connectivity index (χ4n) is 5.79. The van der Waals surface area contributed by atoms with E-state index in [-0.39, 0.29) is 17.4 Å². The molecule has 0 unspecified atom stereocenters. The first kappa shape index (κ1) is 35.9. The van der Waals surface area contributed by atoms with E-state index in [9.17, 15) is 4.79 Å². The maximum Gasteiger partial charge on any atom is 0.513 e. The van der Waals surface area contributed by atoms with Crippen LogP contribution in [0.15, 0.2) is 118 Å². The summed E-state index contributed by atoms with van der Waals surface area (Å²) in [6.07, 6.45) is 31.0. The number of allylic oxidation sites excluding steroid dienone is 18. The van der Waals surface area contributed by atoms with E-state index in [2.05, 4.69) is 91.8 Å². The quantitative estimate of drug-likeness (QED) is 0.138. The molecule has 0 spiro atoms. The fraction of sp³-hybridized carbons (Fsp3) is 0.475. The summed E-state index contributed by atoms with van der Waals surface area (Å²) in [5.41, 5.74) is 10.6. The maximum atomic E-state index is 12.0. The predicted octanol–water partition coefficient (Wildman–Crippen LogP) is 12.2. The van der Waals surface area contributed by atoms with Crippen LogP contribution < -0.4 is 0 Å². The molecule has 0 saturated heterocycles. The molecule has 0 heterocycles. The van der Waals surface area contributed by atoms with Crippen molar-refractivity contribution >= 4 is 6.16 Å². The summed E-state index contributed by atoms with van der Waals surface area (Å²) in [5, 5.41) is 0. The first-order valence-corrected chi connectivity index (χ1v) is 15.8. The van der Waals surface area contributed by atoms with Crippen LogP contribution in [0.2, 0.25) is 0 Å². The highest BCUT2D eigenvalue weighted by Crippen LogP contribution is 2.41. The zero-order chi connectivity index (χ0) is 32.0. The minimum absolute atomic E-state index is 0.157. The molecule has 2 aliphatic carbocycles. The number of ether oxygens (including phenoxy) is 2. The lowest BCUT2D eigenvalue weighted by atomic mass is 9.72. The number of carbonyl (C=O) groups excluding carboxylic acids is 1. The van der Waals surface area contributed by atoms with Gasteiger partial charge >= 0.3 is 6.16 Å². The van der Waals surface area contributed by atoms with Crippen LogP contribution in [0.25, 0.3) is 0 Å². The Morgan fingerprint density at radius 1 is 0.698 bits per heavy atom. The second-order valence-corrected chi connectivity index (χ2v) is 13.6. The number of rotatable bonds is 11. The van der Waals surface area contributed by atoms with Gasteiger partial charge in [0.2, 0.25) is 0 Å². The highest BCUT2D eigenvalue weighted by Gasteiger charge is 2.27. The molecule has 2 rings (SSSR count). The SMILES string of the molecule is CC1=C(/C=C/C(C)=C/C=C/C(C)=C/COC(=O)O/C=C(C)/C=C/C=C(C)/C=C/C2=C(C)CCCC2(C)C)C(C)(C)CCC1. The monoisotopic (exact) mass is 584 g/mol. The van der Waals surface area contributed by atoms with E-state index in [1.807, 2.05) is 44.2 Å². The molecule has 0 aromatic heterocycles. The van der Waals surface area contributed by atoms with E-state index in [0.717, 1.165) is 11.1 Å². The van der Waals surface area contributed by atoms with E-state index in [0.29, 0.717) is 0 Å². The lowest BCUT2D eigenvalue weighted by Gasteiger charge is -2.33. The third-order valence-electron chi connectivity index (χ3n) is 8.49. The van der Waals surface area contributed by atoms with Crippen molar-refractivity contribution < 1.29 is 14.3 Å². The molecule has 0 fully saturated rings. The molecule has 3 nitrogen and oxygen atoms in total. The van der Waals surface area contributed by atoms with E-state index in [4.69, 9.17) is 9.47 Å². The second-order valence-electron chi connectivity index (χ2n) is 13.6. The number of hydrogen-bond donors (Lipinski definition) is 0. The van der Waals surface area contributed by atoms with Gasteiger partial charge in [0, 0.05) is 0 Å². The van der Waals surface area contributed by atoms with Crippen LogP contribution >= 0.6 is 0 Å². The molecule has 3 heteroatoms. The van der Waals surface area contributed by atoms with Crippen LogP contribution in [0.4, 0.5) is 4.79 Å². The van der Waals surface area contributed by atoms with Gasteiger partial charge in [-0.15, -0.1) is 0 Å². The van der Waals surface area contributed by atoms with Crippen molar-refractivity contribution in [2.75, 3.05) is 6.61 Å². The summed E-state index contributed by atoms with van der Waals surface area (Å²) < 4.78 is 10.3. The zero-order valence-electron chi connectivity index (χ0n) is 28.6. The van der Waals surface area contributed by atoms with Crippen LogP contribution in [0.3, 0.4) is 0 Å². The first-order valence-electron chi connectivity index (χ1n) is 15.8. The molecular formula is C40H56O3. The first-order chi connectivity index (χ1) is 20.2. The van der Waals surface area contributed by atoms with E-state index in [1.54, 1.807) is 0 Å². The van der Waals surface area contributed by atoms with Crippen molar-refractivity contribution in [1.82, 2.24) is 0 Å². The molecule has 234 valence electrons. The second kappa shape index (κ2) is 17.1. The van der Waals surface area contributed by atoms with E-state index >= 15 is 0 Å². The number of carbonyl (C=O) groups is 1. The highest BCUT2D eigenvalue weighted by molar-refractivity contribution is 5.61. The molecule has 0 aromatic carbocycles. The van der Waals surface area contributed by atoms with Gasteiger partial charge in [0.25, 0.3) is 0 Å². The molecule has 0 bridgehead atoms. The molecule has 0 aromatic rings.